The molecule has 0 N–H and O–H groups in total. The number of rotatable bonds is 30. The van der Waals surface area contributed by atoms with Crippen molar-refractivity contribution in [1.82, 2.24) is 0 Å². The average molecular weight is 1180 g/mol. The molecule has 0 aliphatic carbocycles. The lowest BCUT2D eigenvalue weighted by Crippen LogP contribution is -2.68. The molecule has 15 atom stereocenters. The van der Waals surface area contributed by atoms with Crippen molar-refractivity contribution in [1.29, 1.82) is 0 Å². The van der Waals surface area contributed by atoms with Crippen LogP contribution in [0.25, 0.3) is 10.4 Å². The minimum Gasteiger partial charge on any atom is -0.463 e. The van der Waals surface area contributed by atoms with Gasteiger partial charge in [0, 0.05) is 66.5 Å². The second kappa shape index (κ2) is 34.0. The molecule has 458 valence electrons. The highest BCUT2D eigenvalue weighted by atomic mass is 16.8. The van der Waals surface area contributed by atoms with E-state index < -0.39 is 147 Å². The van der Waals surface area contributed by atoms with Crippen LogP contribution in [0.5, 0.6) is 0 Å². The summed E-state index contributed by atoms with van der Waals surface area (Å²) in [7, 11) is 0. The standard InChI is InChI=1S/C58H73N3O23/c1-34(62)71-32-45-48(75-36(3)64)51(76-37(4)65)54(78-39(6)67)58(81-45)84-49-46(33-72-35(2)63)82-57(55(79-40(7)68)52(49)77-38(5)66)83-47-44(31-69-28-41-20-12-8-13-21-41)80-56(70-27-19-11-18-26-60-61-59)53(74-30-43-24-16-10-17-25-43)50(47)73-29-42-22-14-9-15-23-42/h8-10,12-17,20-25,44-58H,11,18-19,26-33H2,1-7H3/t44?,45?,46?,47-,48-,49-,50-,51-,52+,53?,54?,55?,56+,57-,58-/m0/s1. The molecule has 0 bridgehead atoms. The van der Waals surface area contributed by atoms with Gasteiger partial charge in [0.2, 0.25) is 0 Å². The summed E-state index contributed by atoms with van der Waals surface area (Å²) in [5.41, 5.74) is 11.2. The fourth-order valence-electron chi connectivity index (χ4n) is 9.52. The first-order chi connectivity index (χ1) is 40.4. The van der Waals surface area contributed by atoms with Crippen molar-refractivity contribution in [3.63, 3.8) is 0 Å². The van der Waals surface area contributed by atoms with Gasteiger partial charge in [-0.25, -0.2) is 0 Å². The molecule has 3 aromatic rings. The fraction of sp³-hybridized carbons (Fsp3) is 0.569. The summed E-state index contributed by atoms with van der Waals surface area (Å²) in [4.78, 5) is 92.9. The Labute approximate surface area is 485 Å². The van der Waals surface area contributed by atoms with E-state index in [0.29, 0.717) is 25.8 Å². The number of benzene rings is 3. The average Bonchev–Trinajstić information content (AvgIpc) is 2.72. The molecule has 3 fully saturated rings. The molecule has 3 saturated heterocycles. The van der Waals surface area contributed by atoms with Crippen LogP contribution in [0.2, 0.25) is 0 Å². The third kappa shape index (κ3) is 20.9. The Hall–Kier alpha value is -7.10. The Bertz CT molecular complexity index is 2630. The van der Waals surface area contributed by atoms with Gasteiger partial charge in [0.05, 0.1) is 26.4 Å². The lowest BCUT2D eigenvalue weighted by Gasteiger charge is -2.50. The number of hydrogen-bond acceptors (Lipinski definition) is 24. The molecule has 3 aliphatic heterocycles. The molecule has 0 saturated carbocycles. The van der Waals surface area contributed by atoms with Crippen LogP contribution < -0.4 is 0 Å². The van der Waals surface area contributed by atoms with Gasteiger partial charge in [0.15, 0.2) is 49.4 Å². The van der Waals surface area contributed by atoms with Crippen molar-refractivity contribution in [3.8, 4) is 0 Å². The molecule has 26 nitrogen and oxygen atoms in total. The van der Waals surface area contributed by atoms with Crippen LogP contribution in [0, 0.1) is 0 Å². The Balaban J connectivity index is 1.47. The molecule has 3 heterocycles. The van der Waals surface area contributed by atoms with Crippen LogP contribution in [0.1, 0.15) is 84.4 Å². The molecule has 0 aromatic heterocycles. The summed E-state index contributed by atoms with van der Waals surface area (Å²) in [6.07, 6.45) is -21.4. The zero-order valence-electron chi connectivity index (χ0n) is 47.8. The summed E-state index contributed by atoms with van der Waals surface area (Å²) in [6.45, 7) is 6.53. The van der Waals surface area contributed by atoms with Crippen molar-refractivity contribution in [3.05, 3.63) is 118 Å². The highest BCUT2D eigenvalue weighted by Crippen LogP contribution is 2.39. The molecular formula is C58H73N3O23. The van der Waals surface area contributed by atoms with E-state index in [0.717, 1.165) is 65.2 Å². The predicted molar refractivity (Wildman–Crippen MR) is 287 cm³/mol. The van der Waals surface area contributed by atoms with Crippen LogP contribution in [0.3, 0.4) is 0 Å². The summed E-state index contributed by atoms with van der Waals surface area (Å²) in [6, 6.07) is 27.9. The normalized spacial score (nSPS) is 27.4. The molecule has 0 amide bonds. The van der Waals surface area contributed by atoms with E-state index in [9.17, 15) is 33.6 Å². The zero-order chi connectivity index (χ0) is 60.5. The lowest BCUT2D eigenvalue weighted by atomic mass is 9.95. The maximum atomic E-state index is 13.4. The molecule has 0 spiro atoms. The third-order valence-corrected chi connectivity index (χ3v) is 13.0. The van der Waals surface area contributed by atoms with Crippen molar-refractivity contribution < 1.29 is 109 Å². The molecule has 6 unspecified atom stereocenters. The number of azide groups is 1. The van der Waals surface area contributed by atoms with E-state index >= 15 is 0 Å². The number of carbonyl (C=O) groups excluding carboxylic acids is 7. The highest BCUT2D eigenvalue weighted by Gasteiger charge is 2.59. The van der Waals surface area contributed by atoms with E-state index in [-0.39, 0.29) is 33.0 Å². The van der Waals surface area contributed by atoms with Gasteiger partial charge >= 0.3 is 41.8 Å². The van der Waals surface area contributed by atoms with Gasteiger partial charge in [0.1, 0.15) is 55.9 Å². The SMILES string of the molecule is CC(=O)OCC1O[C@@H](O[C@H]2C(COC(C)=O)O[C@@H](O[C@H]3C(COCc4ccccc4)O[C@@H](OCCCCCN=[N+]=[N-])C(OCc4ccccc4)[C@H]3OCc3ccccc3)C(OC(C)=O)[C@@H]2OC(C)=O)C(OC(C)=O)[C@@H](OC(C)=O)[C@H]1OC(C)=O. The Morgan fingerprint density at radius 2 is 0.810 bits per heavy atom. The molecule has 3 aromatic carbocycles. The summed E-state index contributed by atoms with van der Waals surface area (Å²) >= 11 is 0. The Morgan fingerprint density at radius 1 is 0.417 bits per heavy atom. The lowest BCUT2D eigenvalue weighted by molar-refractivity contribution is -0.384. The van der Waals surface area contributed by atoms with Gasteiger partial charge in [-0.05, 0) is 35.1 Å². The van der Waals surface area contributed by atoms with Crippen molar-refractivity contribution in [2.45, 2.75) is 180 Å². The first-order valence-electron chi connectivity index (χ1n) is 27.4. The van der Waals surface area contributed by atoms with Gasteiger partial charge in [0.25, 0.3) is 0 Å². The summed E-state index contributed by atoms with van der Waals surface area (Å²) in [5, 5.41) is 3.63. The Morgan fingerprint density at radius 3 is 1.27 bits per heavy atom. The van der Waals surface area contributed by atoms with Crippen LogP contribution in [-0.2, 0) is 129 Å². The van der Waals surface area contributed by atoms with E-state index in [1.165, 1.54) is 0 Å². The van der Waals surface area contributed by atoms with Gasteiger partial charge in [-0.1, -0.05) is 103 Å². The van der Waals surface area contributed by atoms with Crippen LogP contribution in [0.4, 0.5) is 0 Å². The number of hydrogen-bond donors (Lipinski definition) is 0. The minimum atomic E-state index is -1.92. The highest BCUT2D eigenvalue weighted by molar-refractivity contribution is 5.69. The zero-order valence-corrected chi connectivity index (χ0v) is 47.8. The quantitative estimate of drug-likeness (QED) is 0.0196. The molecular weight excluding hydrogens is 1110 g/mol. The molecule has 26 heteroatoms. The third-order valence-electron chi connectivity index (χ3n) is 13.0. The van der Waals surface area contributed by atoms with Gasteiger partial charge in [-0.15, -0.1) is 0 Å². The maximum Gasteiger partial charge on any atom is 0.303 e. The molecule has 3 aliphatic rings. The molecule has 6 rings (SSSR count). The minimum absolute atomic E-state index is 0.0176. The predicted octanol–water partition coefficient (Wildman–Crippen LogP) is 5.60. The van der Waals surface area contributed by atoms with Crippen molar-refractivity contribution in [2.24, 2.45) is 5.11 Å². The second-order valence-corrected chi connectivity index (χ2v) is 19.7. The molecule has 84 heavy (non-hydrogen) atoms. The van der Waals surface area contributed by atoms with Gasteiger partial charge < -0.3 is 75.8 Å². The fourth-order valence-corrected chi connectivity index (χ4v) is 9.52. The van der Waals surface area contributed by atoms with Crippen molar-refractivity contribution >= 4 is 41.8 Å². The largest absolute Gasteiger partial charge is 0.463 e. The number of nitrogens with zero attached hydrogens (tertiary/aromatic N) is 3. The maximum absolute atomic E-state index is 13.4. The monoisotopic (exact) mass is 1180 g/mol. The van der Waals surface area contributed by atoms with Crippen LogP contribution in [-0.4, -0.2) is 167 Å². The number of esters is 7. The number of unbranched alkanes of at least 4 members (excludes halogenated alkanes) is 2. The first-order valence-corrected chi connectivity index (χ1v) is 27.4. The number of carbonyl (C=O) groups is 7. The summed E-state index contributed by atoms with van der Waals surface area (Å²) in [5.74, 6) is -6.28. The van der Waals surface area contributed by atoms with E-state index in [2.05, 4.69) is 10.0 Å². The smallest absolute Gasteiger partial charge is 0.303 e. The second-order valence-electron chi connectivity index (χ2n) is 19.7. The Kier molecular flexibility index (Phi) is 26.7. The van der Waals surface area contributed by atoms with E-state index in [4.69, 9.17) is 81.3 Å². The first kappa shape index (κ1) is 66.0. The molecule has 0 radical (unpaired) electrons. The van der Waals surface area contributed by atoms with Gasteiger partial charge in [-0.2, -0.15) is 0 Å². The topological polar surface area (TPSA) is 316 Å². The van der Waals surface area contributed by atoms with E-state index in [1.807, 2.05) is 91.0 Å². The van der Waals surface area contributed by atoms with Crippen LogP contribution in [0.15, 0.2) is 96.1 Å². The van der Waals surface area contributed by atoms with E-state index in [1.54, 1.807) is 0 Å². The van der Waals surface area contributed by atoms with Gasteiger partial charge in [-0.3, -0.25) is 33.6 Å². The van der Waals surface area contributed by atoms with Crippen LogP contribution >= 0.6 is 0 Å². The number of ether oxygens (including phenoxy) is 16. The van der Waals surface area contributed by atoms with Crippen molar-refractivity contribution in [2.75, 3.05) is 33.0 Å². The summed E-state index contributed by atoms with van der Waals surface area (Å²) < 4.78 is 99.8.